The second-order valence-electron chi connectivity index (χ2n) is 5.33. The summed E-state index contributed by atoms with van der Waals surface area (Å²) in [5, 5.41) is 2.55. The molecule has 2 rings (SSSR count). The molecule has 2 aromatic carbocycles. The van der Waals surface area contributed by atoms with Crippen LogP contribution in [0, 0.1) is 11.6 Å². The van der Waals surface area contributed by atoms with Gasteiger partial charge in [0.1, 0.15) is 17.7 Å². The minimum absolute atomic E-state index is 0.192. The van der Waals surface area contributed by atoms with E-state index in [1.54, 1.807) is 12.1 Å². The van der Waals surface area contributed by atoms with Gasteiger partial charge in [-0.25, -0.2) is 17.2 Å². The number of rotatable bonds is 5. The molecule has 1 atom stereocenters. The van der Waals surface area contributed by atoms with E-state index >= 15 is 0 Å². The lowest BCUT2D eigenvalue weighted by molar-refractivity contribution is -0.116. The average Bonchev–Trinajstić information content (AvgIpc) is 2.48. The Bertz CT molecular complexity index is 906. The van der Waals surface area contributed by atoms with Crippen LogP contribution in [-0.2, 0) is 14.8 Å². The standard InChI is InChI=1S/C16H15ClF2N2O3S/c1-10(16(22)20-15-7-6-12(18)9-14(15)19)21(25(2,23)24)13-5-3-4-11(17)8-13/h3-10H,1-2H3,(H,20,22). The number of sulfonamides is 1. The predicted molar refractivity (Wildman–Crippen MR) is 93.2 cm³/mol. The highest BCUT2D eigenvalue weighted by Crippen LogP contribution is 2.25. The smallest absolute Gasteiger partial charge is 0.248 e. The van der Waals surface area contributed by atoms with Crippen LogP contribution in [0.4, 0.5) is 20.2 Å². The number of nitrogens with zero attached hydrogens (tertiary/aromatic N) is 1. The summed E-state index contributed by atoms with van der Waals surface area (Å²) >= 11 is 5.88. The molecule has 2 aromatic rings. The van der Waals surface area contributed by atoms with E-state index in [9.17, 15) is 22.0 Å². The van der Waals surface area contributed by atoms with Crippen molar-refractivity contribution >= 4 is 38.9 Å². The fourth-order valence-corrected chi connectivity index (χ4v) is 3.60. The molecule has 0 radical (unpaired) electrons. The first kappa shape index (κ1) is 19.1. The average molecular weight is 389 g/mol. The highest BCUT2D eigenvalue weighted by molar-refractivity contribution is 7.92. The Labute approximate surface area is 149 Å². The van der Waals surface area contributed by atoms with Crippen molar-refractivity contribution in [2.24, 2.45) is 0 Å². The number of halogens is 3. The third-order valence-electron chi connectivity index (χ3n) is 3.34. The molecule has 0 aromatic heterocycles. The lowest BCUT2D eigenvalue weighted by atomic mass is 10.2. The molecule has 0 bridgehead atoms. The molecule has 134 valence electrons. The third kappa shape index (κ3) is 4.67. The molecule has 0 aliphatic heterocycles. The summed E-state index contributed by atoms with van der Waals surface area (Å²) in [6, 6.07) is 7.43. The van der Waals surface area contributed by atoms with E-state index in [4.69, 9.17) is 11.6 Å². The molecule has 0 heterocycles. The number of benzene rings is 2. The minimum Gasteiger partial charge on any atom is -0.322 e. The Balaban J connectivity index is 2.33. The topological polar surface area (TPSA) is 66.5 Å². The number of carbonyl (C=O) groups excluding carboxylic acids is 1. The van der Waals surface area contributed by atoms with Crippen LogP contribution in [0.3, 0.4) is 0 Å². The van der Waals surface area contributed by atoms with Crippen molar-refractivity contribution < 1.29 is 22.0 Å². The lowest BCUT2D eigenvalue weighted by Crippen LogP contribution is -2.45. The van der Waals surface area contributed by atoms with Crippen molar-refractivity contribution in [3.8, 4) is 0 Å². The molecule has 0 saturated heterocycles. The van der Waals surface area contributed by atoms with E-state index in [0.717, 1.165) is 22.7 Å². The molecule has 0 saturated carbocycles. The summed E-state index contributed by atoms with van der Waals surface area (Å²) in [4.78, 5) is 12.4. The van der Waals surface area contributed by atoms with Crippen molar-refractivity contribution in [2.45, 2.75) is 13.0 Å². The molecule has 0 spiro atoms. The van der Waals surface area contributed by atoms with Gasteiger partial charge >= 0.3 is 0 Å². The van der Waals surface area contributed by atoms with E-state index in [1.807, 2.05) is 0 Å². The first-order valence-electron chi connectivity index (χ1n) is 7.10. The SMILES string of the molecule is CC(C(=O)Nc1ccc(F)cc1F)N(c1cccc(Cl)c1)S(C)(=O)=O. The number of hydrogen-bond acceptors (Lipinski definition) is 3. The molecule has 0 aliphatic carbocycles. The van der Waals surface area contributed by atoms with Crippen LogP contribution in [0.2, 0.25) is 5.02 Å². The monoisotopic (exact) mass is 388 g/mol. The first-order valence-corrected chi connectivity index (χ1v) is 9.33. The molecule has 25 heavy (non-hydrogen) atoms. The quantitative estimate of drug-likeness (QED) is 0.853. The summed E-state index contributed by atoms with van der Waals surface area (Å²) < 4.78 is 51.8. The van der Waals surface area contributed by atoms with Gasteiger partial charge in [-0.3, -0.25) is 9.10 Å². The van der Waals surface area contributed by atoms with Crippen LogP contribution in [0.5, 0.6) is 0 Å². The third-order valence-corrected chi connectivity index (χ3v) is 4.82. The van der Waals surface area contributed by atoms with Gasteiger partial charge in [0.15, 0.2) is 0 Å². The molecular formula is C16H15ClF2N2O3S. The molecular weight excluding hydrogens is 374 g/mol. The van der Waals surface area contributed by atoms with Gasteiger partial charge in [-0.1, -0.05) is 17.7 Å². The summed E-state index contributed by atoms with van der Waals surface area (Å²) in [6.45, 7) is 1.35. The summed E-state index contributed by atoms with van der Waals surface area (Å²) in [6.07, 6.45) is 0.941. The molecule has 9 heteroatoms. The Morgan fingerprint density at radius 3 is 2.44 bits per heavy atom. The normalized spacial score (nSPS) is 12.5. The van der Waals surface area contributed by atoms with Gasteiger partial charge in [-0.2, -0.15) is 0 Å². The van der Waals surface area contributed by atoms with Gasteiger partial charge in [0.25, 0.3) is 0 Å². The second-order valence-corrected chi connectivity index (χ2v) is 7.62. The Hall–Kier alpha value is -2.19. The van der Waals surface area contributed by atoms with Crippen LogP contribution in [-0.4, -0.2) is 26.6 Å². The summed E-state index contributed by atoms with van der Waals surface area (Å²) in [5.41, 5.74) is -0.0602. The van der Waals surface area contributed by atoms with Crippen LogP contribution in [0.15, 0.2) is 42.5 Å². The van der Waals surface area contributed by atoms with Gasteiger partial charge in [-0.15, -0.1) is 0 Å². The van der Waals surface area contributed by atoms with E-state index in [2.05, 4.69) is 5.32 Å². The van der Waals surface area contributed by atoms with Crippen molar-refractivity contribution in [2.75, 3.05) is 15.9 Å². The highest BCUT2D eigenvalue weighted by Gasteiger charge is 2.29. The molecule has 0 fully saturated rings. The highest BCUT2D eigenvalue weighted by atomic mass is 35.5. The van der Waals surface area contributed by atoms with E-state index in [0.29, 0.717) is 11.1 Å². The second kappa shape index (κ2) is 7.37. The van der Waals surface area contributed by atoms with Crippen LogP contribution >= 0.6 is 11.6 Å². The zero-order valence-electron chi connectivity index (χ0n) is 13.3. The number of carbonyl (C=O) groups is 1. The molecule has 1 unspecified atom stereocenters. The van der Waals surface area contributed by atoms with Crippen molar-refractivity contribution in [3.05, 3.63) is 59.1 Å². The van der Waals surface area contributed by atoms with Gasteiger partial charge in [0, 0.05) is 11.1 Å². The van der Waals surface area contributed by atoms with Gasteiger partial charge < -0.3 is 5.32 Å². The Morgan fingerprint density at radius 1 is 1.20 bits per heavy atom. The van der Waals surface area contributed by atoms with Crippen molar-refractivity contribution in [3.63, 3.8) is 0 Å². The maximum Gasteiger partial charge on any atom is 0.248 e. The minimum atomic E-state index is -3.83. The van der Waals surface area contributed by atoms with Crippen LogP contribution in [0.25, 0.3) is 0 Å². The largest absolute Gasteiger partial charge is 0.322 e. The zero-order valence-corrected chi connectivity index (χ0v) is 14.9. The number of amides is 1. The van der Waals surface area contributed by atoms with Crippen LogP contribution < -0.4 is 9.62 Å². The van der Waals surface area contributed by atoms with Crippen molar-refractivity contribution in [1.29, 1.82) is 0 Å². The van der Waals surface area contributed by atoms with Crippen LogP contribution in [0.1, 0.15) is 6.92 Å². The zero-order chi connectivity index (χ0) is 18.8. The van der Waals surface area contributed by atoms with Gasteiger partial charge in [0.2, 0.25) is 15.9 Å². The molecule has 0 aliphatic rings. The maximum absolute atomic E-state index is 13.7. The Morgan fingerprint density at radius 2 is 1.88 bits per heavy atom. The summed E-state index contributed by atoms with van der Waals surface area (Å²) in [5.74, 6) is -2.54. The van der Waals surface area contributed by atoms with E-state index in [1.165, 1.54) is 19.1 Å². The summed E-state index contributed by atoms with van der Waals surface area (Å²) in [7, 11) is -3.83. The Kier molecular flexibility index (Phi) is 5.64. The predicted octanol–water partition coefficient (Wildman–Crippen LogP) is 3.41. The van der Waals surface area contributed by atoms with Gasteiger partial charge in [-0.05, 0) is 37.3 Å². The number of hydrogen-bond donors (Lipinski definition) is 1. The van der Waals surface area contributed by atoms with Crippen molar-refractivity contribution in [1.82, 2.24) is 0 Å². The number of anilines is 2. The lowest BCUT2D eigenvalue weighted by Gasteiger charge is -2.28. The van der Waals surface area contributed by atoms with Gasteiger partial charge in [0.05, 0.1) is 17.6 Å². The fourth-order valence-electron chi connectivity index (χ4n) is 2.25. The molecule has 1 amide bonds. The maximum atomic E-state index is 13.7. The number of nitrogens with one attached hydrogen (secondary N) is 1. The fraction of sp³-hybridized carbons (Fsp3) is 0.188. The van der Waals surface area contributed by atoms with E-state index in [-0.39, 0.29) is 11.4 Å². The van der Waals surface area contributed by atoms with E-state index < -0.39 is 33.6 Å². The first-order chi connectivity index (χ1) is 11.6. The molecule has 1 N–H and O–H groups in total. The molecule has 5 nitrogen and oxygen atoms in total.